The minimum absolute atomic E-state index is 0.363. The van der Waals surface area contributed by atoms with Gasteiger partial charge in [0.1, 0.15) is 16.8 Å². The van der Waals surface area contributed by atoms with Crippen LogP contribution < -0.4 is 5.32 Å². The molecule has 2 N–H and O–H groups in total. The first-order valence-electron chi connectivity index (χ1n) is 6.59. The molecule has 0 radical (unpaired) electrons. The van der Waals surface area contributed by atoms with E-state index in [4.69, 9.17) is 11.6 Å². The van der Waals surface area contributed by atoms with Crippen LogP contribution in [0.2, 0.25) is 5.15 Å². The number of aromatic nitrogens is 3. The summed E-state index contributed by atoms with van der Waals surface area (Å²) in [4.78, 5) is 12.6. The monoisotopic (exact) mass is 290 g/mol. The molecule has 1 aliphatic carbocycles. The molecule has 1 atom stereocenters. The molecule has 3 rings (SSSR count). The summed E-state index contributed by atoms with van der Waals surface area (Å²) >= 11 is 5.99. The van der Waals surface area contributed by atoms with Crippen LogP contribution in [0.1, 0.15) is 36.3 Å². The van der Waals surface area contributed by atoms with Crippen LogP contribution >= 0.6 is 11.6 Å². The van der Waals surface area contributed by atoms with E-state index in [1.54, 1.807) is 30.6 Å². The van der Waals surface area contributed by atoms with Crippen molar-refractivity contribution in [1.29, 1.82) is 0 Å². The van der Waals surface area contributed by atoms with Crippen molar-refractivity contribution in [3.8, 4) is 0 Å². The van der Waals surface area contributed by atoms with Crippen molar-refractivity contribution >= 4 is 17.4 Å². The fraction of sp³-hybridized carbons (Fsp3) is 0.357. The Kier molecular flexibility index (Phi) is 3.80. The summed E-state index contributed by atoms with van der Waals surface area (Å²) in [6, 6.07) is 5.25. The van der Waals surface area contributed by atoms with Crippen molar-refractivity contribution in [2.45, 2.75) is 24.9 Å². The second kappa shape index (κ2) is 5.73. The van der Waals surface area contributed by atoms with Crippen LogP contribution in [-0.2, 0) is 0 Å². The maximum Gasteiger partial charge on any atom is 0.135 e. The Hall–Kier alpha value is -1.72. The summed E-state index contributed by atoms with van der Waals surface area (Å²) in [7, 11) is 0. The highest BCUT2D eigenvalue weighted by molar-refractivity contribution is 6.29. The first kappa shape index (κ1) is 13.3. The molecule has 2 aromatic rings. The van der Waals surface area contributed by atoms with E-state index in [0.29, 0.717) is 23.4 Å². The van der Waals surface area contributed by atoms with E-state index in [1.165, 1.54) is 0 Å². The molecule has 0 bridgehead atoms. The van der Waals surface area contributed by atoms with Gasteiger partial charge in [-0.3, -0.25) is 4.98 Å². The zero-order chi connectivity index (χ0) is 13.9. The molecule has 104 valence electrons. The van der Waals surface area contributed by atoms with E-state index in [1.807, 2.05) is 0 Å². The maximum absolute atomic E-state index is 10.1. The van der Waals surface area contributed by atoms with E-state index >= 15 is 0 Å². The highest BCUT2D eigenvalue weighted by Gasteiger charge is 2.27. The van der Waals surface area contributed by atoms with Gasteiger partial charge in [-0.15, -0.1) is 0 Å². The highest BCUT2D eigenvalue weighted by Crippen LogP contribution is 2.38. The van der Waals surface area contributed by atoms with Crippen LogP contribution in [-0.4, -0.2) is 26.6 Å². The van der Waals surface area contributed by atoms with Crippen molar-refractivity contribution in [1.82, 2.24) is 15.0 Å². The van der Waals surface area contributed by atoms with E-state index in [0.717, 1.165) is 24.2 Å². The fourth-order valence-electron chi connectivity index (χ4n) is 1.95. The number of nitrogens with zero attached hydrogens (tertiary/aromatic N) is 3. The highest BCUT2D eigenvalue weighted by atomic mass is 35.5. The quantitative estimate of drug-likeness (QED) is 0.828. The Labute approximate surface area is 122 Å². The topological polar surface area (TPSA) is 70.9 Å². The first-order valence-corrected chi connectivity index (χ1v) is 6.96. The summed E-state index contributed by atoms with van der Waals surface area (Å²) in [5.74, 6) is 1.89. The number of hydrogen-bond acceptors (Lipinski definition) is 5. The standard InChI is InChI=1S/C14H15ClN4O/c15-12-7-13(19-14(18-12)10-1-2-10)17-8-11(20)9-3-5-16-6-4-9/h3-7,10-11,20H,1-2,8H2,(H,17,18,19). The molecule has 0 spiro atoms. The summed E-state index contributed by atoms with van der Waals surface area (Å²) in [6.07, 6.45) is 4.95. The third-order valence-corrected chi connectivity index (χ3v) is 3.42. The summed E-state index contributed by atoms with van der Waals surface area (Å²) < 4.78 is 0. The molecular weight excluding hydrogens is 276 g/mol. The number of aliphatic hydroxyl groups excluding tert-OH is 1. The van der Waals surface area contributed by atoms with Crippen molar-refractivity contribution in [3.05, 3.63) is 47.1 Å². The number of anilines is 1. The van der Waals surface area contributed by atoms with E-state index in [2.05, 4.69) is 20.3 Å². The average Bonchev–Trinajstić information content (AvgIpc) is 3.30. The summed E-state index contributed by atoms with van der Waals surface area (Å²) in [5, 5.41) is 13.6. The predicted molar refractivity (Wildman–Crippen MR) is 76.7 cm³/mol. The second-order valence-corrected chi connectivity index (χ2v) is 5.27. The lowest BCUT2D eigenvalue weighted by Crippen LogP contribution is -2.13. The second-order valence-electron chi connectivity index (χ2n) is 4.89. The number of hydrogen-bond donors (Lipinski definition) is 2. The van der Waals surface area contributed by atoms with Crippen LogP contribution in [0.4, 0.5) is 5.82 Å². The summed E-state index contributed by atoms with van der Waals surface area (Å²) in [5.41, 5.74) is 0.815. The zero-order valence-corrected chi connectivity index (χ0v) is 11.6. The molecule has 6 heteroatoms. The molecular formula is C14H15ClN4O. The zero-order valence-electron chi connectivity index (χ0n) is 10.8. The van der Waals surface area contributed by atoms with E-state index in [-0.39, 0.29) is 0 Å². The van der Waals surface area contributed by atoms with Gasteiger partial charge in [0, 0.05) is 30.9 Å². The Balaban J connectivity index is 1.66. The van der Waals surface area contributed by atoms with Gasteiger partial charge in [0.05, 0.1) is 6.10 Å². The van der Waals surface area contributed by atoms with Gasteiger partial charge in [0.25, 0.3) is 0 Å². The van der Waals surface area contributed by atoms with Crippen molar-refractivity contribution in [3.63, 3.8) is 0 Å². The van der Waals surface area contributed by atoms with Crippen molar-refractivity contribution in [2.75, 3.05) is 11.9 Å². The lowest BCUT2D eigenvalue weighted by Gasteiger charge is -2.13. The average molecular weight is 291 g/mol. The molecule has 0 amide bonds. The van der Waals surface area contributed by atoms with Crippen LogP contribution in [0.3, 0.4) is 0 Å². The first-order chi connectivity index (χ1) is 9.72. The molecule has 0 aliphatic heterocycles. The predicted octanol–water partition coefficient (Wildman–Crippen LogP) is 2.55. The number of pyridine rings is 1. The molecule has 2 heterocycles. The number of aliphatic hydroxyl groups is 1. The van der Waals surface area contributed by atoms with Crippen molar-refractivity contribution in [2.24, 2.45) is 0 Å². The van der Waals surface area contributed by atoms with E-state index in [9.17, 15) is 5.11 Å². The number of halogens is 1. The van der Waals surface area contributed by atoms with Crippen LogP contribution in [0, 0.1) is 0 Å². The van der Waals surface area contributed by atoms with Crippen LogP contribution in [0.5, 0.6) is 0 Å². The maximum atomic E-state index is 10.1. The SMILES string of the molecule is OC(CNc1cc(Cl)nc(C2CC2)n1)c1ccncc1. The molecule has 0 saturated heterocycles. The van der Waals surface area contributed by atoms with Crippen LogP contribution in [0.15, 0.2) is 30.6 Å². The lowest BCUT2D eigenvalue weighted by molar-refractivity contribution is 0.191. The van der Waals surface area contributed by atoms with Gasteiger partial charge in [0.2, 0.25) is 0 Å². The Morgan fingerprint density at radius 2 is 2.05 bits per heavy atom. The molecule has 20 heavy (non-hydrogen) atoms. The normalized spacial score (nSPS) is 15.9. The molecule has 0 aromatic carbocycles. The van der Waals surface area contributed by atoms with Gasteiger partial charge in [-0.25, -0.2) is 9.97 Å². The minimum atomic E-state index is -0.615. The number of nitrogens with one attached hydrogen (secondary N) is 1. The van der Waals surface area contributed by atoms with Gasteiger partial charge in [-0.1, -0.05) is 11.6 Å². The lowest BCUT2D eigenvalue weighted by atomic mass is 10.1. The molecule has 1 saturated carbocycles. The molecule has 1 fully saturated rings. The van der Waals surface area contributed by atoms with Gasteiger partial charge < -0.3 is 10.4 Å². The van der Waals surface area contributed by atoms with E-state index < -0.39 is 6.10 Å². The van der Waals surface area contributed by atoms with Gasteiger partial charge in [-0.05, 0) is 30.5 Å². The largest absolute Gasteiger partial charge is 0.387 e. The van der Waals surface area contributed by atoms with Gasteiger partial charge >= 0.3 is 0 Å². The van der Waals surface area contributed by atoms with Crippen molar-refractivity contribution < 1.29 is 5.11 Å². The third-order valence-electron chi connectivity index (χ3n) is 3.22. The Bertz CT molecular complexity index is 589. The van der Waals surface area contributed by atoms with Gasteiger partial charge in [-0.2, -0.15) is 0 Å². The molecule has 2 aromatic heterocycles. The smallest absolute Gasteiger partial charge is 0.135 e. The molecule has 1 unspecified atom stereocenters. The minimum Gasteiger partial charge on any atom is -0.387 e. The third kappa shape index (κ3) is 3.23. The molecule has 5 nitrogen and oxygen atoms in total. The molecule has 1 aliphatic rings. The van der Waals surface area contributed by atoms with Crippen LogP contribution in [0.25, 0.3) is 0 Å². The van der Waals surface area contributed by atoms with Gasteiger partial charge in [0.15, 0.2) is 0 Å². The fourth-order valence-corrected chi connectivity index (χ4v) is 2.14. The Morgan fingerprint density at radius 3 is 2.75 bits per heavy atom. The number of rotatable bonds is 5. The Morgan fingerprint density at radius 1 is 1.30 bits per heavy atom. The summed E-state index contributed by atoms with van der Waals surface area (Å²) in [6.45, 7) is 0.363.